The van der Waals surface area contributed by atoms with Gasteiger partial charge < -0.3 is 5.32 Å². The van der Waals surface area contributed by atoms with Gasteiger partial charge in [0.15, 0.2) is 16.8 Å². The quantitative estimate of drug-likeness (QED) is 0.799. The lowest BCUT2D eigenvalue weighted by atomic mass is 10.1. The molecule has 0 aliphatic rings. The Morgan fingerprint density at radius 1 is 1.30 bits per heavy atom. The molecule has 1 amide bonds. The number of anilines is 1. The van der Waals surface area contributed by atoms with Crippen LogP contribution in [0.25, 0.3) is 10.2 Å². The lowest BCUT2D eigenvalue weighted by molar-refractivity contribution is -0.115. The number of nitrogens with zero attached hydrogens (tertiary/aromatic N) is 3. The maximum atomic E-state index is 13.2. The summed E-state index contributed by atoms with van der Waals surface area (Å²) in [6.45, 7) is 3.74. The number of fused-ring (bicyclic) bond motifs is 1. The van der Waals surface area contributed by atoms with Gasteiger partial charge in [-0.3, -0.25) is 9.48 Å². The van der Waals surface area contributed by atoms with Gasteiger partial charge in [-0.15, -0.1) is 0 Å². The average Bonchev–Trinajstić information content (AvgIpc) is 2.94. The Morgan fingerprint density at radius 2 is 2.00 bits per heavy atom. The van der Waals surface area contributed by atoms with Crippen LogP contribution in [0.4, 0.5) is 13.9 Å². The number of hydrogen-bond acceptors (Lipinski definition) is 4. The highest BCUT2D eigenvalue weighted by molar-refractivity contribution is 7.22. The Morgan fingerprint density at radius 3 is 2.65 bits per heavy atom. The summed E-state index contributed by atoms with van der Waals surface area (Å²) in [5.41, 5.74) is 2.90. The van der Waals surface area contributed by atoms with Crippen molar-refractivity contribution in [3.63, 3.8) is 0 Å². The lowest BCUT2D eigenvalue weighted by Crippen LogP contribution is -2.15. The van der Waals surface area contributed by atoms with Crippen LogP contribution in [0, 0.1) is 25.5 Å². The molecule has 2 aromatic heterocycles. The number of carbonyl (C=O) groups excluding carboxylic acids is 1. The number of aromatic nitrogens is 3. The molecule has 0 aliphatic heterocycles. The van der Waals surface area contributed by atoms with Gasteiger partial charge in [0.2, 0.25) is 5.91 Å². The van der Waals surface area contributed by atoms with E-state index in [-0.39, 0.29) is 12.3 Å². The van der Waals surface area contributed by atoms with Gasteiger partial charge in [-0.1, -0.05) is 11.3 Å². The smallest absolute Gasteiger partial charge is 0.230 e. The number of nitrogens with one attached hydrogen (secondary N) is 1. The molecule has 1 aromatic carbocycles. The summed E-state index contributed by atoms with van der Waals surface area (Å²) >= 11 is 1.10. The van der Waals surface area contributed by atoms with E-state index in [0.29, 0.717) is 15.3 Å². The van der Waals surface area contributed by atoms with E-state index in [2.05, 4.69) is 15.4 Å². The molecule has 0 atom stereocenters. The Labute approximate surface area is 135 Å². The predicted octanol–water partition coefficient (Wildman–Crippen LogP) is 3.11. The number of benzene rings is 1. The van der Waals surface area contributed by atoms with Crippen LogP contribution in [-0.4, -0.2) is 20.7 Å². The number of hydrogen-bond donors (Lipinski definition) is 1. The molecule has 3 aromatic rings. The molecule has 2 heterocycles. The Hall–Kier alpha value is -2.35. The van der Waals surface area contributed by atoms with Crippen molar-refractivity contribution < 1.29 is 13.6 Å². The second-order valence-corrected chi connectivity index (χ2v) is 6.28. The van der Waals surface area contributed by atoms with Gasteiger partial charge in [-0.05, 0) is 19.9 Å². The van der Waals surface area contributed by atoms with Gasteiger partial charge in [0, 0.05) is 24.4 Å². The van der Waals surface area contributed by atoms with Crippen LogP contribution < -0.4 is 5.32 Å². The minimum absolute atomic E-state index is 0.171. The first kappa shape index (κ1) is 15.5. The fourth-order valence-corrected chi connectivity index (χ4v) is 3.26. The number of rotatable bonds is 3. The first-order valence-electron chi connectivity index (χ1n) is 6.89. The maximum absolute atomic E-state index is 13.2. The molecule has 23 heavy (non-hydrogen) atoms. The van der Waals surface area contributed by atoms with Crippen molar-refractivity contribution in [2.45, 2.75) is 20.3 Å². The normalized spacial score (nSPS) is 11.2. The lowest BCUT2D eigenvalue weighted by Gasteiger charge is -2.02. The summed E-state index contributed by atoms with van der Waals surface area (Å²) in [6, 6.07) is 2.10. The summed E-state index contributed by atoms with van der Waals surface area (Å²) in [7, 11) is 1.82. The molecule has 0 spiro atoms. The first-order valence-corrected chi connectivity index (χ1v) is 7.71. The van der Waals surface area contributed by atoms with E-state index in [1.54, 1.807) is 4.68 Å². The molecule has 1 N–H and O–H groups in total. The third-order valence-electron chi connectivity index (χ3n) is 3.67. The Kier molecular flexibility index (Phi) is 3.85. The summed E-state index contributed by atoms with van der Waals surface area (Å²) in [6.07, 6.45) is 0.171. The zero-order chi connectivity index (χ0) is 16.7. The first-order chi connectivity index (χ1) is 10.8. The van der Waals surface area contributed by atoms with Crippen molar-refractivity contribution in [1.82, 2.24) is 14.8 Å². The van der Waals surface area contributed by atoms with Gasteiger partial charge in [-0.25, -0.2) is 13.8 Å². The van der Waals surface area contributed by atoms with E-state index < -0.39 is 11.6 Å². The molecule has 0 saturated carbocycles. The van der Waals surface area contributed by atoms with Gasteiger partial charge in [0.1, 0.15) is 0 Å². The molecular weight excluding hydrogens is 322 g/mol. The maximum Gasteiger partial charge on any atom is 0.230 e. The number of amides is 1. The Balaban J connectivity index is 1.80. The van der Waals surface area contributed by atoms with E-state index in [1.807, 2.05) is 20.9 Å². The molecular formula is C15H14F2N4OS. The van der Waals surface area contributed by atoms with E-state index in [0.717, 1.165) is 40.4 Å². The highest BCUT2D eigenvalue weighted by atomic mass is 32.1. The largest absolute Gasteiger partial charge is 0.302 e. The summed E-state index contributed by atoms with van der Waals surface area (Å²) in [5.74, 6) is -2.13. The van der Waals surface area contributed by atoms with E-state index >= 15 is 0 Å². The fourth-order valence-electron chi connectivity index (χ4n) is 2.37. The minimum atomic E-state index is -0.956. The molecule has 0 aliphatic carbocycles. The Bertz CT molecular complexity index is 877. The average molecular weight is 336 g/mol. The van der Waals surface area contributed by atoms with Crippen molar-refractivity contribution in [3.05, 3.63) is 40.7 Å². The van der Waals surface area contributed by atoms with Crippen LogP contribution in [0.5, 0.6) is 0 Å². The van der Waals surface area contributed by atoms with Gasteiger partial charge in [0.05, 0.1) is 22.3 Å². The number of carbonyl (C=O) groups is 1. The van der Waals surface area contributed by atoms with Crippen LogP contribution in [-0.2, 0) is 18.3 Å². The zero-order valence-corrected chi connectivity index (χ0v) is 13.6. The molecule has 0 fully saturated rings. The molecule has 0 unspecified atom stereocenters. The van der Waals surface area contributed by atoms with Gasteiger partial charge in [0.25, 0.3) is 0 Å². The SMILES string of the molecule is Cc1nn(C)c(C)c1CC(=O)Nc1nc2cc(F)c(F)cc2s1. The third kappa shape index (κ3) is 2.94. The molecule has 8 heteroatoms. The van der Waals surface area contributed by atoms with Crippen LogP contribution in [0.2, 0.25) is 0 Å². The van der Waals surface area contributed by atoms with Crippen molar-refractivity contribution >= 4 is 32.6 Å². The van der Waals surface area contributed by atoms with E-state index in [1.165, 1.54) is 0 Å². The predicted molar refractivity (Wildman–Crippen MR) is 84.6 cm³/mol. The van der Waals surface area contributed by atoms with E-state index in [9.17, 15) is 13.6 Å². The van der Waals surface area contributed by atoms with E-state index in [4.69, 9.17) is 0 Å². The summed E-state index contributed by atoms with van der Waals surface area (Å²) in [4.78, 5) is 16.3. The van der Waals surface area contributed by atoms with Crippen molar-refractivity contribution in [3.8, 4) is 0 Å². The minimum Gasteiger partial charge on any atom is -0.302 e. The molecule has 0 radical (unpaired) electrons. The van der Waals surface area contributed by atoms with Crippen molar-refractivity contribution in [2.75, 3.05) is 5.32 Å². The van der Waals surface area contributed by atoms with Gasteiger partial charge in [-0.2, -0.15) is 5.10 Å². The second kappa shape index (κ2) is 5.69. The van der Waals surface area contributed by atoms with Crippen LogP contribution in [0.15, 0.2) is 12.1 Å². The standard InChI is InChI=1S/C15H14F2N4OS/c1-7-9(8(2)21(3)20-7)4-14(22)19-15-18-12-5-10(16)11(17)6-13(12)23-15/h5-6H,4H2,1-3H3,(H,18,19,22). The molecule has 0 saturated heterocycles. The monoisotopic (exact) mass is 336 g/mol. The fraction of sp³-hybridized carbons (Fsp3) is 0.267. The summed E-state index contributed by atoms with van der Waals surface area (Å²) < 4.78 is 28.6. The van der Waals surface area contributed by atoms with Crippen LogP contribution in [0.1, 0.15) is 17.0 Å². The topological polar surface area (TPSA) is 59.8 Å². The van der Waals surface area contributed by atoms with Crippen molar-refractivity contribution in [1.29, 1.82) is 0 Å². The highest BCUT2D eigenvalue weighted by Gasteiger charge is 2.15. The van der Waals surface area contributed by atoms with Crippen LogP contribution in [0.3, 0.4) is 0 Å². The number of halogens is 2. The van der Waals surface area contributed by atoms with Crippen molar-refractivity contribution in [2.24, 2.45) is 7.05 Å². The van der Waals surface area contributed by atoms with Crippen LogP contribution >= 0.6 is 11.3 Å². The molecule has 0 bridgehead atoms. The third-order valence-corrected chi connectivity index (χ3v) is 4.61. The molecule has 5 nitrogen and oxygen atoms in total. The number of thiazole rings is 1. The second-order valence-electron chi connectivity index (χ2n) is 5.25. The molecule has 120 valence electrons. The number of aryl methyl sites for hydroxylation is 2. The summed E-state index contributed by atoms with van der Waals surface area (Å²) in [5, 5.41) is 7.25. The highest BCUT2D eigenvalue weighted by Crippen LogP contribution is 2.28. The van der Waals surface area contributed by atoms with Gasteiger partial charge >= 0.3 is 0 Å². The zero-order valence-electron chi connectivity index (χ0n) is 12.8. The molecule has 3 rings (SSSR count).